The maximum absolute atomic E-state index is 13.4. The van der Waals surface area contributed by atoms with Crippen LogP contribution in [0.4, 0.5) is 4.39 Å². The van der Waals surface area contributed by atoms with Gasteiger partial charge < -0.3 is 5.32 Å². The number of nitrogens with one attached hydrogen (secondary N) is 1. The second-order valence-electron chi connectivity index (χ2n) is 5.33. The Balaban J connectivity index is 0.00000264. The van der Waals surface area contributed by atoms with Gasteiger partial charge in [-0.15, -0.1) is 12.4 Å². The summed E-state index contributed by atoms with van der Waals surface area (Å²) >= 11 is 0. The number of halogens is 2. The summed E-state index contributed by atoms with van der Waals surface area (Å²) in [6.07, 6.45) is 1.00. The van der Waals surface area contributed by atoms with Gasteiger partial charge in [-0.2, -0.15) is 4.31 Å². The van der Waals surface area contributed by atoms with Crippen molar-refractivity contribution in [3.63, 3.8) is 0 Å². The average Bonchev–Trinajstić information content (AvgIpc) is 2.45. The maximum atomic E-state index is 13.4. The van der Waals surface area contributed by atoms with E-state index < -0.39 is 43.2 Å². The molecule has 1 saturated heterocycles. The molecule has 1 N–H and O–H groups in total. The fourth-order valence-corrected chi connectivity index (χ4v) is 5.63. The van der Waals surface area contributed by atoms with Crippen molar-refractivity contribution in [1.82, 2.24) is 9.62 Å². The number of nitrogens with zero attached hydrogens (tertiary/aromatic N) is 1. The quantitative estimate of drug-likeness (QED) is 0.799. The lowest BCUT2D eigenvalue weighted by Gasteiger charge is -2.35. The molecule has 2 rings (SSSR count). The van der Waals surface area contributed by atoms with Crippen molar-refractivity contribution in [3.8, 4) is 0 Å². The van der Waals surface area contributed by atoms with E-state index in [1.165, 1.54) is 22.5 Å². The summed E-state index contributed by atoms with van der Waals surface area (Å²) in [5, 5.41) is 3.08. The average molecular weight is 387 g/mol. The molecule has 0 spiro atoms. The third kappa shape index (κ3) is 5.68. The molecule has 0 amide bonds. The van der Waals surface area contributed by atoms with Gasteiger partial charge in [0.15, 0.2) is 0 Å². The Labute approximate surface area is 142 Å². The molecule has 0 aromatic heterocycles. The van der Waals surface area contributed by atoms with Crippen LogP contribution in [-0.2, 0) is 19.9 Å². The van der Waals surface area contributed by atoms with Crippen molar-refractivity contribution in [2.45, 2.75) is 6.04 Å². The molecule has 10 heteroatoms. The van der Waals surface area contributed by atoms with Gasteiger partial charge in [0.1, 0.15) is 15.7 Å². The predicted molar refractivity (Wildman–Crippen MR) is 89.5 cm³/mol. The fraction of sp³-hybridized carbons (Fsp3) is 0.538. The number of benzene rings is 1. The summed E-state index contributed by atoms with van der Waals surface area (Å²) in [6.45, 7) is 1.07. The van der Waals surface area contributed by atoms with Crippen LogP contribution in [0.15, 0.2) is 24.3 Å². The highest BCUT2D eigenvalue weighted by Gasteiger charge is 2.33. The van der Waals surface area contributed by atoms with Crippen molar-refractivity contribution in [2.75, 3.05) is 37.4 Å². The van der Waals surface area contributed by atoms with Crippen molar-refractivity contribution in [3.05, 3.63) is 35.6 Å². The van der Waals surface area contributed by atoms with Crippen molar-refractivity contribution in [2.24, 2.45) is 0 Å². The van der Waals surface area contributed by atoms with Gasteiger partial charge in [0.2, 0.25) is 10.0 Å². The SMILES string of the molecule is CS(=O)(=O)CCS(=O)(=O)N1CCNCC1c1cccc(F)c1.Cl. The van der Waals surface area contributed by atoms with Crippen molar-refractivity contribution < 1.29 is 21.2 Å². The number of sulfonamides is 1. The minimum Gasteiger partial charge on any atom is -0.313 e. The second kappa shape index (κ2) is 7.89. The summed E-state index contributed by atoms with van der Waals surface area (Å²) in [4.78, 5) is 0. The van der Waals surface area contributed by atoms with Crippen LogP contribution < -0.4 is 5.32 Å². The first-order valence-corrected chi connectivity index (χ1v) is 10.5. The molecule has 132 valence electrons. The molecule has 1 heterocycles. The van der Waals surface area contributed by atoms with Crippen LogP contribution >= 0.6 is 12.4 Å². The molecule has 0 radical (unpaired) electrons. The van der Waals surface area contributed by atoms with E-state index in [2.05, 4.69) is 5.32 Å². The number of rotatable bonds is 5. The topological polar surface area (TPSA) is 83.5 Å². The highest BCUT2D eigenvalue weighted by molar-refractivity contribution is 7.93. The van der Waals surface area contributed by atoms with Crippen LogP contribution in [0.2, 0.25) is 0 Å². The van der Waals surface area contributed by atoms with Gasteiger partial charge in [0.25, 0.3) is 0 Å². The Bertz CT molecular complexity index is 740. The lowest BCUT2D eigenvalue weighted by atomic mass is 10.1. The fourth-order valence-electron chi connectivity index (χ4n) is 2.39. The third-order valence-corrected chi connectivity index (χ3v) is 6.57. The molecular weight excluding hydrogens is 367 g/mol. The number of hydrogen-bond donors (Lipinski definition) is 1. The Morgan fingerprint density at radius 2 is 1.96 bits per heavy atom. The van der Waals surface area contributed by atoms with E-state index in [0.717, 1.165) is 6.26 Å². The number of sulfone groups is 1. The standard InChI is InChI=1S/C13H19FN2O4S2.ClH/c1-21(17,18)7-8-22(19,20)16-6-5-15-10-13(16)11-3-2-4-12(14)9-11;/h2-4,9,13,15H,5-8,10H2,1H3;1H. The molecule has 1 fully saturated rings. The first-order valence-electron chi connectivity index (χ1n) is 6.82. The molecule has 0 saturated carbocycles. The highest BCUT2D eigenvalue weighted by Crippen LogP contribution is 2.26. The van der Waals surface area contributed by atoms with Gasteiger partial charge in [-0.25, -0.2) is 21.2 Å². The van der Waals surface area contributed by atoms with E-state index in [-0.39, 0.29) is 19.0 Å². The third-order valence-electron chi connectivity index (χ3n) is 3.50. The van der Waals surface area contributed by atoms with Gasteiger partial charge in [-0.05, 0) is 17.7 Å². The Kier molecular flexibility index (Phi) is 6.96. The molecule has 1 aromatic carbocycles. The van der Waals surface area contributed by atoms with E-state index >= 15 is 0 Å². The van der Waals surface area contributed by atoms with Crippen LogP contribution in [0.1, 0.15) is 11.6 Å². The zero-order valence-corrected chi connectivity index (χ0v) is 15.1. The molecule has 6 nitrogen and oxygen atoms in total. The van der Waals surface area contributed by atoms with Gasteiger partial charge in [-0.3, -0.25) is 0 Å². The zero-order chi connectivity index (χ0) is 16.4. The summed E-state index contributed by atoms with van der Waals surface area (Å²) in [7, 11) is -7.10. The summed E-state index contributed by atoms with van der Waals surface area (Å²) in [5.74, 6) is -1.32. The highest BCUT2D eigenvalue weighted by atomic mass is 35.5. The van der Waals surface area contributed by atoms with Crippen LogP contribution in [0.25, 0.3) is 0 Å². The predicted octanol–water partition coefficient (Wildman–Crippen LogP) is 0.568. The normalized spacial score (nSPS) is 20.0. The molecule has 0 aliphatic carbocycles. The first kappa shape index (κ1) is 20.3. The largest absolute Gasteiger partial charge is 0.313 e. The molecule has 0 bridgehead atoms. The zero-order valence-electron chi connectivity index (χ0n) is 12.6. The lowest BCUT2D eigenvalue weighted by molar-refractivity contribution is 0.271. The van der Waals surface area contributed by atoms with E-state index in [1.807, 2.05) is 0 Å². The van der Waals surface area contributed by atoms with Crippen LogP contribution in [0, 0.1) is 5.82 Å². The van der Waals surface area contributed by atoms with E-state index in [0.29, 0.717) is 18.7 Å². The molecule has 1 unspecified atom stereocenters. The van der Waals surface area contributed by atoms with Gasteiger partial charge in [0.05, 0.1) is 17.5 Å². The lowest BCUT2D eigenvalue weighted by Crippen LogP contribution is -2.49. The molecule has 23 heavy (non-hydrogen) atoms. The van der Waals surface area contributed by atoms with Gasteiger partial charge >= 0.3 is 0 Å². The summed E-state index contributed by atoms with van der Waals surface area (Å²) in [5.41, 5.74) is 0.551. The molecule has 1 aliphatic heterocycles. The van der Waals surface area contributed by atoms with Crippen molar-refractivity contribution >= 4 is 32.3 Å². The number of hydrogen-bond acceptors (Lipinski definition) is 5. The Morgan fingerprint density at radius 3 is 2.57 bits per heavy atom. The van der Waals surface area contributed by atoms with Crippen LogP contribution in [-0.4, -0.2) is 58.5 Å². The number of piperazine rings is 1. The van der Waals surface area contributed by atoms with Crippen LogP contribution in [0.5, 0.6) is 0 Å². The first-order chi connectivity index (χ1) is 10.2. The van der Waals surface area contributed by atoms with E-state index in [9.17, 15) is 21.2 Å². The minimum absolute atomic E-state index is 0. The summed E-state index contributed by atoms with van der Waals surface area (Å²) < 4.78 is 62.0. The van der Waals surface area contributed by atoms with Crippen molar-refractivity contribution in [1.29, 1.82) is 0 Å². The van der Waals surface area contributed by atoms with E-state index in [1.54, 1.807) is 6.07 Å². The molecule has 1 aromatic rings. The monoisotopic (exact) mass is 386 g/mol. The smallest absolute Gasteiger partial charge is 0.215 e. The molecule has 1 atom stereocenters. The van der Waals surface area contributed by atoms with Gasteiger partial charge in [-0.1, -0.05) is 12.1 Å². The van der Waals surface area contributed by atoms with E-state index in [4.69, 9.17) is 0 Å². The van der Waals surface area contributed by atoms with Gasteiger partial charge in [0, 0.05) is 25.9 Å². The Hall–Kier alpha value is -0.740. The second-order valence-corrected chi connectivity index (χ2v) is 9.63. The maximum Gasteiger partial charge on any atom is 0.215 e. The summed E-state index contributed by atoms with van der Waals surface area (Å²) in [6, 6.07) is 5.26. The van der Waals surface area contributed by atoms with Crippen LogP contribution in [0.3, 0.4) is 0 Å². The molecule has 1 aliphatic rings. The Morgan fingerprint density at radius 1 is 1.26 bits per heavy atom. The minimum atomic E-state index is -3.73. The molecular formula is C13H20ClFN2O4S2.